The number of fused-ring (bicyclic) bond motifs is 1. The fourth-order valence-electron chi connectivity index (χ4n) is 5.35. The van der Waals surface area contributed by atoms with Crippen LogP contribution in [0.3, 0.4) is 0 Å². The van der Waals surface area contributed by atoms with Crippen molar-refractivity contribution in [2.75, 3.05) is 32.1 Å². The Bertz CT molecular complexity index is 1160. The number of nitrogens with zero attached hydrogens (tertiary/aromatic N) is 3. The van der Waals surface area contributed by atoms with Crippen LogP contribution in [-0.2, 0) is 9.59 Å². The fourth-order valence-corrected chi connectivity index (χ4v) is 5.35. The van der Waals surface area contributed by atoms with Crippen LogP contribution in [0.2, 0.25) is 0 Å². The smallest absolute Gasteiger partial charge is 0.254 e. The van der Waals surface area contributed by atoms with E-state index in [0.29, 0.717) is 36.4 Å². The van der Waals surface area contributed by atoms with E-state index in [1.807, 2.05) is 37.2 Å². The van der Waals surface area contributed by atoms with Crippen molar-refractivity contribution < 1.29 is 19.2 Å². The zero-order valence-corrected chi connectivity index (χ0v) is 20.7. The molecule has 36 heavy (non-hydrogen) atoms. The molecule has 2 heterocycles. The Morgan fingerprint density at radius 3 is 2.28 bits per heavy atom. The summed E-state index contributed by atoms with van der Waals surface area (Å²) in [6, 6.07) is 14.5. The minimum absolute atomic E-state index is 0.00468. The number of carbonyl (C=O) groups excluding carboxylic acids is 4. The van der Waals surface area contributed by atoms with E-state index >= 15 is 0 Å². The Balaban J connectivity index is 1.31. The molecule has 3 amide bonds. The van der Waals surface area contributed by atoms with Gasteiger partial charge in [-0.3, -0.25) is 19.2 Å². The molecule has 0 spiro atoms. The fraction of sp³-hybridized carbons (Fsp3) is 0.429. The molecule has 1 saturated carbocycles. The SMILES string of the molecule is CN(C)c1ccc(C(=O)N[C@@H](CC2CC2)C(=O)N2CC[C@@H]3[C@H]2C(=O)CN3C(=O)c2ccccc2)cc1. The van der Waals surface area contributed by atoms with Gasteiger partial charge >= 0.3 is 0 Å². The first-order valence-electron chi connectivity index (χ1n) is 12.6. The van der Waals surface area contributed by atoms with Crippen LogP contribution in [0.1, 0.15) is 46.4 Å². The third kappa shape index (κ3) is 4.72. The molecule has 3 aliphatic rings. The van der Waals surface area contributed by atoms with Crippen molar-refractivity contribution in [3.05, 3.63) is 65.7 Å². The van der Waals surface area contributed by atoms with E-state index in [1.54, 1.807) is 46.2 Å². The topological polar surface area (TPSA) is 90.0 Å². The maximum Gasteiger partial charge on any atom is 0.254 e. The van der Waals surface area contributed by atoms with E-state index in [2.05, 4.69) is 5.32 Å². The number of amides is 3. The van der Waals surface area contributed by atoms with Crippen LogP contribution in [0.15, 0.2) is 54.6 Å². The number of nitrogens with one attached hydrogen (secondary N) is 1. The lowest BCUT2D eigenvalue weighted by atomic mass is 10.1. The van der Waals surface area contributed by atoms with Crippen molar-refractivity contribution in [3.8, 4) is 0 Å². The Labute approximate surface area is 211 Å². The van der Waals surface area contributed by atoms with Gasteiger partial charge in [0.2, 0.25) is 5.91 Å². The Kier molecular flexibility index (Phi) is 6.51. The summed E-state index contributed by atoms with van der Waals surface area (Å²) >= 11 is 0. The van der Waals surface area contributed by atoms with Crippen LogP contribution in [0.4, 0.5) is 5.69 Å². The van der Waals surface area contributed by atoms with Gasteiger partial charge in [-0.2, -0.15) is 0 Å². The lowest BCUT2D eigenvalue weighted by Crippen LogP contribution is -2.52. The Morgan fingerprint density at radius 2 is 1.64 bits per heavy atom. The van der Waals surface area contributed by atoms with Gasteiger partial charge in [-0.15, -0.1) is 0 Å². The summed E-state index contributed by atoms with van der Waals surface area (Å²) in [5, 5.41) is 2.95. The molecule has 2 aromatic rings. The molecule has 188 valence electrons. The molecule has 8 nitrogen and oxygen atoms in total. The summed E-state index contributed by atoms with van der Waals surface area (Å²) in [5.41, 5.74) is 2.01. The molecule has 1 N–H and O–H groups in total. The molecule has 2 aromatic carbocycles. The van der Waals surface area contributed by atoms with Crippen LogP contribution in [0, 0.1) is 5.92 Å². The number of hydrogen-bond donors (Lipinski definition) is 1. The predicted octanol–water partition coefficient (Wildman–Crippen LogP) is 2.35. The quantitative estimate of drug-likeness (QED) is 0.646. The second-order valence-corrected chi connectivity index (χ2v) is 10.2. The van der Waals surface area contributed by atoms with Crippen LogP contribution >= 0.6 is 0 Å². The first-order valence-corrected chi connectivity index (χ1v) is 12.6. The molecule has 2 aliphatic heterocycles. The van der Waals surface area contributed by atoms with Crippen molar-refractivity contribution in [2.45, 2.75) is 43.8 Å². The first-order chi connectivity index (χ1) is 17.3. The normalized spacial score (nSPS) is 21.8. The minimum Gasteiger partial charge on any atom is -0.378 e. The highest BCUT2D eigenvalue weighted by Gasteiger charge is 2.52. The highest BCUT2D eigenvalue weighted by molar-refractivity contribution is 6.03. The molecular weight excluding hydrogens is 456 g/mol. The van der Waals surface area contributed by atoms with E-state index in [4.69, 9.17) is 0 Å². The summed E-state index contributed by atoms with van der Waals surface area (Å²) in [5.74, 6) is -0.423. The number of ketones is 1. The summed E-state index contributed by atoms with van der Waals surface area (Å²) < 4.78 is 0. The van der Waals surface area contributed by atoms with Gasteiger partial charge in [0, 0.05) is 37.5 Å². The second kappa shape index (κ2) is 9.76. The van der Waals surface area contributed by atoms with E-state index in [9.17, 15) is 19.2 Å². The number of anilines is 1. The first kappa shape index (κ1) is 24.0. The highest BCUT2D eigenvalue weighted by atomic mass is 16.2. The molecule has 1 aliphatic carbocycles. The van der Waals surface area contributed by atoms with E-state index in [1.165, 1.54) is 0 Å². The number of carbonyl (C=O) groups is 4. The lowest BCUT2D eigenvalue weighted by molar-refractivity contribution is -0.138. The Morgan fingerprint density at radius 1 is 0.944 bits per heavy atom. The van der Waals surface area contributed by atoms with Crippen molar-refractivity contribution in [1.29, 1.82) is 0 Å². The van der Waals surface area contributed by atoms with Crippen molar-refractivity contribution in [3.63, 3.8) is 0 Å². The summed E-state index contributed by atoms with van der Waals surface area (Å²) in [6.07, 6.45) is 3.20. The summed E-state index contributed by atoms with van der Waals surface area (Å²) in [7, 11) is 3.86. The number of likely N-dealkylation sites (tertiary alicyclic amines) is 2. The number of hydrogen-bond acceptors (Lipinski definition) is 5. The zero-order chi connectivity index (χ0) is 25.4. The average molecular weight is 489 g/mol. The van der Waals surface area contributed by atoms with Gasteiger partial charge in [-0.1, -0.05) is 31.0 Å². The van der Waals surface area contributed by atoms with E-state index < -0.39 is 12.1 Å². The molecule has 8 heteroatoms. The predicted molar refractivity (Wildman–Crippen MR) is 136 cm³/mol. The second-order valence-electron chi connectivity index (χ2n) is 10.2. The summed E-state index contributed by atoms with van der Waals surface area (Å²) in [6.45, 7) is 0.401. The zero-order valence-electron chi connectivity index (χ0n) is 20.7. The average Bonchev–Trinajstić information content (AvgIpc) is 3.50. The molecule has 0 radical (unpaired) electrons. The third-order valence-electron chi connectivity index (χ3n) is 7.50. The van der Waals surface area contributed by atoms with Crippen LogP contribution in [0.25, 0.3) is 0 Å². The standard InChI is InChI=1S/C28H32N4O4/c1-30(2)21-12-10-19(11-13-21)26(34)29-22(16-18-8-9-18)28(36)31-15-14-23-25(31)24(33)17-32(23)27(35)20-6-4-3-5-7-20/h3-7,10-13,18,22-23,25H,8-9,14-17H2,1-2H3,(H,29,34)/t22-,23+,25-/m0/s1. The van der Waals surface area contributed by atoms with Crippen LogP contribution < -0.4 is 10.2 Å². The van der Waals surface area contributed by atoms with Gasteiger partial charge in [-0.25, -0.2) is 0 Å². The van der Waals surface area contributed by atoms with Gasteiger partial charge in [0.15, 0.2) is 5.78 Å². The van der Waals surface area contributed by atoms with Gasteiger partial charge in [-0.05, 0) is 55.2 Å². The van der Waals surface area contributed by atoms with Crippen LogP contribution in [-0.4, -0.2) is 78.6 Å². The maximum absolute atomic E-state index is 13.7. The number of benzene rings is 2. The van der Waals surface area contributed by atoms with E-state index in [0.717, 1.165) is 18.5 Å². The van der Waals surface area contributed by atoms with Crippen molar-refractivity contribution in [2.24, 2.45) is 5.92 Å². The summed E-state index contributed by atoms with van der Waals surface area (Å²) in [4.78, 5) is 58.0. The van der Waals surface area contributed by atoms with Gasteiger partial charge in [0.1, 0.15) is 12.1 Å². The highest BCUT2D eigenvalue weighted by Crippen LogP contribution is 2.36. The monoisotopic (exact) mass is 488 g/mol. The molecule has 2 saturated heterocycles. The van der Waals surface area contributed by atoms with Crippen molar-refractivity contribution >= 4 is 29.2 Å². The van der Waals surface area contributed by atoms with E-state index in [-0.39, 0.29) is 36.1 Å². The number of rotatable bonds is 7. The van der Waals surface area contributed by atoms with Gasteiger partial charge in [0.25, 0.3) is 11.8 Å². The molecule has 0 bridgehead atoms. The maximum atomic E-state index is 13.7. The number of Topliss-reactive ketones (excluding diaryl/α,β-unsaturated/α-hetero) is 1. The molecule has 0 aromatic heterocycles. The Hall–Kier alpha value is -3.68. The molecule has 5 rings (SSSR count). The lowest BCUT2D eigenvalue weighted by Gasteiger charge is -2.28. The third-order valence-corrected chi connectivity index (χ3v) is 7.50. The van der Waals surface area contributed by atoms with Gasteiger partial charge in [0.05, 0.1) is 12.6 Å². The van der Waals surface area contributed by atoms with Gasteiger partial charge < -0.3 is 20.0 Å². The van der Waals surface area contributed by atoms with Crippen LogP contribution in [0.5, 0.6) is 0 Å². The molecule has 3 fully saturated rings. The molecule has 0 unspecified atom stereocenters. The molecule has 3 atom stereocenters. The van der Waals surface area contributed by atoms with Crippen molar-refractivity contribution in [1.82, 2.24) is 15.1 Å². The molecular formula is C28H32N4O4. The largest absolute Gasteiger partial charge is 0.378 e. The minimum atomic E-state index is -0.691.